The summed E-state index contributed by atoms with van der Waals surface area (Å²) in [5.41, 5.74) is 0.555. The lowest BCUT2D eigenvalue weighted by Crippen LogP contribution is -2.48. The van der Waals surface area contributed by atoms with Crippen molar-refractivity contribution >= 4 is 17.5 Å². The van der Waals surface area contributed by atoms with Crippen LogP contribution >= 0.6 is 11.6 Å². The van der Waals surface area contributed by atoms with E-state index in [9.17, 15) is 9.18 Å². The third kappa shape index (κ3) is 4.24. The van der Waals surface area contributed by atoms with Gasteiger partial charge in [0.2, 0.25) is 5.91 Å². The predicted octanol–water partition coefficient (Wildman–Crippen LogP) is 3.70. The van der Waals surface area contributed by atoms with Crippen LogP contribution in [0.2, 0.25) is 5.02 Å². The third-order valence-corrected chi connectivity index (χ3v) is 5.46. The molecule has 0 N–H and O–H groups in total. The zero-order chi connectivity index (χ0) is 16.2. The molecule has 23 heavy (non-hydrogen) atoms. The van der Waals surface area contributed by atoms with E-state index in [0.717, 1.165) is 26.2 Å². The van der Waals surface area contributed by atoms with Crippen LogP contribution in [0.4, 0.5) is 4.39 Å². The highest BCUT2D eigenvalue weighted by Gasteiger charge is 2.25. The SMILES string of the molecule is O=C(CC1CCCC1)N1CCN(Cc2c(F)cccc2Cl)CC1. The van der Waals surface area contributed by atoms with Crippen molar-refractivity contribution in [2.75, 3.05) is 26.2 Å². The van der Waals surface area contributed by atoms with Gasteiger partial charge in [0.1, 0.15) is 5.82 Å². The lowest BCUT2D eigenvalue weighted by molar-refractivity contribution is -0.134. The van der Waals surface area contributed by atoms with Crippen LogP contribution in [0, 0.1) is 11.7 Å². The van der Waals surface area contributed by atoms with Gasteiger partial charge in [0, 0.05) is 49.7 Å². The van der Waals surface area contributed by atoms with Gasteiger partial charge in [0.25, 0.3) is 0 Å². The number of nitrogens with zero attached hydrogens (tertiary/aromatic N) is 2. The van der Waals surface area contributed by atoms with E-state index in [1.165, 1.54) is 31.7 Å². The molecule has 1 amide bonds. The van der Waals surface area contributed by atoms with Crippen molar-refractivity contribution < 1.29 is 9.18 Å². The standard InChI is InChI=1S/C18H24ClFN2O/c19-16-6-3-7-17(20)15(16)13-21-8-10-22(11-9-21)18(23)12-14-4-1-2-5-14/h3,6-7,14H,1-2,4-5,8-13H2. The minimum absolute atomic E-state index is 0.253. The molecule has 1 saturated heterocycles. The average molecular weight is 339 g/mol. The lowest BCUT2D eigenvalue weighted by Gasteiger charge is -2.35. The van der Waals surface area contributed by atoms with Gasteiger partial charge in [-0.1, -0.05) is 30.5 Å². The minimum Gasteiger partial charge on any atom is -0.340 e. The number of halogens is 2. The number of hydrogen-bond acceptors (Lipinski definition) is 2. The van der Waals surface area contributed by atoms with Gasteiger partial charge in [-0.15, -0.1) is 0 Å². The minimum atomic E-state index is -0.253. The van der Waals surface area contributed by atoms with Gasteiger partial charge in [-0.3, -0.25) is 9.69 Å². The molecule has 126 valence electrons. The normalized spacial score (nSPS) is 20.2. The van der Waals surface area contributed by atoms with Crippen LogP contribution in [0.15, 0.2) is 18.2 Å². The molecule has 3 rings (SSSR count). The van der Waals surface area contributed by atoms with Crippen molar-refractivity contribution in [3.8, 4) is 0 Å². The predicted molar refractivity (Wildman–Crippen MR) is 89.8 cm³/mol. The smallest absolute Gasteiger partial charge is 0.222 e. The molecule has 0 spiro atoms. The van der Waals surface area contributed by atoms with E-state index in [0.29, 0.717) is 35.4 Å². The van der Waals surface area contributed by atoms with E-state index >= 15 is 0 Å². The maximum atomic E-state index is 13.9. The van der Waals surface area contributed by atoms with Crippen LogP contribution in [0.1, 0.15) is 37.7 Å². The summed E-state index contributed by atoms with van der Waals surface area (Å²) in [6.45, 7) is 3.54. The molecule has 3 nitrogen and oxygen atoms in total. The van der Waals surface area contributed by atoms with Gasteiger partial charge < -0.3 is 4.90 Å². The second kappa shape index (κ2) is 7.63. The molecule has 0 radical (unpaired) electrons. The molecule has 1 aliphatic carbocycles. The molecule has 2 fully saturated rings. The highest BCUT2D eigenvalue weighted by atomic mass is 35.5. The molecule has 1 aliphatic heterocycles. The number of carbonyl (C=O) groups is 1. The molecule has 1 aromatic carbocycles. The maximum absolute atomic E-state index is 13.9. The Kier molecular flexibility index (Phi) is 5.54. The fourth-order valence-corrected chi connectivity index (χ4v) is 3.88. The van der Waals surface area contributed by atoms with Gasteiger partial charge in [0.15, 0.2) is 0 Å². The molecule has 1 aromatic rings. The van der Waals surface area contributed by atoms with E-state index in [2.05, 4.69) is 4.90 Å². The Hall–Kier alpha value is -1.13. The van der Waals surface area contributed by atoms with Crippen molar-refractivity contribution in [1.29, 1.82) is 0 Å². The summed E-state index contributed by atoms with van der Waals surface area (Å²) < 4.78 is 13.9. The van der Waals surface area contributed by atoms with Crippen LogP contribution in [0.3, 0.4) is 0 Å². The first-order valence-electron chi connectivity index (χ1n) is 8.56. The molecule has 0 aromatic heterocycles. The summed E-state index contributed by atoms with van der Waals surface area (Å²) in [5.74, 6) is 0.635. The average Bonchev–Trinajstić information content (AvgIpc) is 3.04. The fraction of sp³-hybridized carbons (Fsp3) is 0.611. The summed E-state index contributed by atoms with van der Waals surface area (Å²) in [4.78, 5) is 16.5. The van der Waals surface area contributed by atoms with Gasteiger partial charge in [-0.25, -0.2) is 4.39 Å². The number of amides is 1. The van der Waals surface area contributed by atoms with E-state index < -0.39 is 0 Å². The quantitative estimate of drug-likeness (QED) is 0.835. The number of rotatable bonds is 4. The van der Waals surface area contributed by atoms with Crippen LogP contribution < -0.4 is 0 Å². The Morgan fingerprint density at radius 1 is 1.17 bits per heavy atom. The van der Waals surface area contributed by atoms with Gasteiger partial charge in [-0.2, -0.15) is 0 Å². The zero-order valence-corrected chi connectivity index (χ0v) is 14.2. The Balaban J connectivity index is 1.49. The van der Waals surface area contributed by atoms with Crippen molar-refractivity contribution in [1.82, 2.24) is 9.80 Å². The van der Waals surface area contributed by atoms with E-state index in [1.807, 2.05) is 4.90 Å². The maximum Gasteiger partial charge on any atom is 0.222 e. The topological polar surface area (TPSA) is 23.6 Å². The first kappa shape index (κ1) is 16.7. The fourth-order valence-electron chi connectivity index (χ4n) is 3.65. The molecule has 5 heteroatoms. The first-order valence-corrected chi connectivity index (χ1v) is 8.94. The van der Waals surface area contributed by atoms with Gasteiger partial charge in [0.05, 0.1) is 0 Å². The molecule has 0 unspecified atom stereocenters. The second-order valence-corrected chi connectivity index (χ2v) is 7.12. The van der Waals surface area contributed by atoms with E-state index in [4.69, 9.17) is 11.6 Å². The highest BCUT2D eigenvalue weighted by molar-refractivity contribution is 6.31. The van der Waals surface area contributed by atoms with Crippen LogP contribution in [0.25, 0.3) is 0 Å². The molecule has 0 atom stereocenters. The van der Waals surface area contributed by atoms with Crippen molar-refractivity contribution in [2.24, 2.45) is 5.92 Å². The summed E-state index contributed by atoms with van der Waals surface area (Å²) in [6, 6.07) is 4.80. The molecule has 0 bridgehead atoms. The van der Waals surface area contributed by atoms with Crippen LogP contribution in [-0.4, -0.2) is 41.9 Å². The molecule has 1 saturated carbocycles. The Labute approximate surface area is 142 Å². The number of benzene rings is 1. The summed E-state index contributed by atoms with van der Waals surface area (Å²) >= 11 is 6.09. The third-order valence-electron chi connectivity index (χ3n) is 5.11. The molecular weight excluding hydrogens is 315 g/mol. The largest absolute Gasteiger partial charge is 0.340 e. The van der Waals surface area contributed by atoms with Crippen molar-refractivity contribution in [3.63, 3.8) is 0 Å². The number of piperazine rings is 1. The van der Waals surface area contributed by atoms with Gasteiger partial charge >= 0.3 is 0 Å². The van der Waals surface area contributed by atoms with Crippen molar-refractivity contribution in [2.45, 2.75) is 38.6 Å². The van der Waals surface area contributed by atoms with E-state index in [1.54, 1.807) is 12.1 Å². The summed E-state index contributed by atoms with van der Waals surface area (Å²) in [5, 5.41) is 0.477. The molecule has 2 aliphatic rings. The van der Waals surface area contributed by atoms with Gasteiger partial charge in [-0.05, 0) is 30.9 Å². The number of carbonyl (C=O) groups excluding carboxylic acids is 1. The highest BCUT2D eigenvalue weighted by Crippen LogP contribution is 2.28. The van der Waals surface area contributed by atoms with E-state index in [-0.39, 0.29) is 5.82 Å². The molecular formula is C18H24ClFN2O. The Bertz CT molecular complexity index is 532. The Morgan fingerprint density at radius 3 is 2.52 bits per heavy atom. The van der Waals surface area contributed by atoms with Crippen molar-refractivity contribution in [3.05, 3.63) is 34.6 Å². The summed E-state index contributed by atoms with van der Waals surface area (Å²) in [7, 11) is 0. The molecule has 1 heterocycles. The lowest BCUT2D eigenvalue weighted by atomic mass is 10.0. The monoisotopic (exact) mass is 338 g/mol. The first-order chi connectivity index (χ1) is 11.1. The Morgan fingerprint density at radius 2 is 1.87 bits per heavy atom. The van der Waals surface area contributed by atoms with Crippen LogP contribution in [0.5, 0.6) is 0 Å². The number of hydrogen-bond donors (Lipinski definition) is 0. The summed E-state index contributed by atoms with van der Waals surface area (Å²) in [6.07, 6.45) is 5.67. The van der Waals surface area contributed by atoms with Crippen LogP contribution in [-0.2, 0) is 11.3 Å². The zero-order valence-electron chi connectivity index (χ0n) is 13.4. The second-order valence-electron chi connectivity index (χ2n) is 6.71.